The van der Waals surface area contributed by atoms with E-state index in [-0.39, 0.29) is 6.61 Å². The van der Waals surface area contributed by atoms with Crippen molar-refractivity contribution in [3.05, 3.63) is 28.2 Å². The molecule has 0 heterocycles. The Morgan fingerprint density at radius 1 is 1.35 bits per heavy atom. The molecule has 96 valence electrons. The van der Waals surface area contributed by atoms with Crippen molar-refractivity contribution in [1.29, 1.82) is 0 Å². The predicted molar refractivity (Wildman–Crippen MR) is 69.7 cm³/mol. The van der Waals surface area contributed by atoms with Gasteiger partial charge in [-0.3, -0.25) is 10.4 Å². The number of hydrazine groups is 1. The molecular formula is C11H16Cl2N2O2. The lowest BCUT2D eigenvalue weighted by Crippen LogP contribution is -2.39. The number of halogens is 2. The van der Waals surface area contributed by atoms with E-state index >= 15 is 0 Å². The van der Waals surface area contributed by atoms with Crippen LogP contribution in [0.3, 0.4) is 0 Å². The minimum atomic E-state index is -0.635. The van der Waals surface area contributed by atoms with Crippen LogP contribution in [0.2, 0.25) is 10.0 Å². The van der Waals surface area contributed by atoms with Gasteiger partial charge >= 0.3 is 0 Å². The number of rotatable bonds is 6. The molecule has 0 aliphatic carbocycles. The lowest BCUT2D eigenvalue weighted by atomic mass is 10.3. The van der Waals surface area contributed by atoms with Crippen LogP contribution in [0.15, 0.2) is 18.2 Å². The number of ether oxygens (including phenoxy) is 1. The monoisotopic (exact) mass is 278 g/mol. The third-order valence-corrected chi connectivity index (χ3v) is 2.58. The van der Waals surface area contributed by atoms with Gasteiger partial charge in [-0.1, -0.05) is 29.3 Å². The molecule has 0 saturated carbocycles. The van der Waals surface area contributed by atoms with E-state index in [0.717, 1.165) is 0 Å². The van der Waals surface area contributed by atoms with Crippen LogP contribution in [0.4, 0.5) is 0 Å². The van der Waals surface area contributed by atoms with E-state index in [1.54, 1.807) is 23.2 Å². The number of nitrogens with one attached hydrogen (secondary N) is 1. The summed E-state index contributed by atoms with van der Waals surface area (Å²) in [6.45, 7) is 0.527. The standard InChI is InChI=1S/C11H16Cl2N2O2/c1-15(2)14-6-8(16)7-17-11-9(12)4-3-5-10(11)13/h3-5,8,14,16H,6-7H2,1-2H3. The van der Waals surface area contributed by atoms with Crippen LogP contribution in [0, 0.1) is 0 Å². The van der Waals surface area contributed by atoms with Crippen LogP contribution in [-0.4, -0.2) is 43.5 Å². The van der Waals surface area contributed by atoms with E-state index in [2.05, 4.69) is 5.43 Å². The third-order valence-electron chi connectivity index (χ3n) is 1.98. The summed E-state index contributed by atoms with van der Waals surface area (Å²) in [5, 5.41) is 12.3. The molecule has 1 aromatic carbocycles. The molecule has 0 fully saturated rings. The molecule has 17 heavy (non-hydrogen) atoms. The van der Waals surface area contributed by atoms with E-state index in [9.17, 15) is 5.11 Å². The van der Waals surface area contributed by atoms with Crippen LogP contribution in [-0.2, 0) is 0 Å². The molecule has 1 unspecified atom stereocenters. The number of hydrogen-bond acceptors (Lipinski definition) is 4. The molecule has 0 spiro atoms. The Hall–Kier alpha value is -0.520. The van der Waals surface area contributed by atoms with E-state index in [0.29, 0.717) is 22.3 Å². The van der Waals surface area contributed by atoms with Gasteiger partial charge in [0.2, 0.25) is 0 Å². The second-order valence-corrected chi connectivity index (χ2v) is 4.59. The van der Waals surface area contributed by atoms with Gasteiger partial charge in [-0.05, 0) is 12.1 Å². The van der Waals surface area contributed by atoms with Gasteiger partial charge in [-0.15, -0.1) is 0 Å². The Balaban J connectivity index is 2.44. The largest absolute Gasteiger partial charge is 0.488 e. The van der Waals surface area contributed by atoms with Crippen LogP contribution in [0.1, 0.15) is 0 Å². The molecule has 1 aromatic rings. The Morgan fingerprint density at radius 2 is 1.94 bits per heavy atom. The summed E-state index contributed by atoms with van der Waals surface area (Å²) in [6, 6.07) is 5.11. The highest BCUT2D eigenvalue weighted by Gasteiger charge is 2.10. The number of aliphatic hydroxyl groups is 1. The van der Waals surface area contributed by atoms with Gasteiger partial charge in [0.25, 0.3) is 0 Å². The molecule has 0 aliphatic heterocycles. The van der Waals surface area contributed by atoms with Crippen LogP contribution in [0.25, 0.3) is 0 Å². The molecule has 0 saturated heterocycles. The molecule has 6 heteroatoms. The van der Waals surface area contributed by atoms with E-state index < -0.39 is 6.10 Å². The minimum absolute atomic E-state index is 0.129. The Kier molecular flexibility index (Phi) is 6.02. The molecule has 0 amide bonds. The SMILES string of the molecule is CN(C)NCC(O)COc1c(Cl)cccc1Cl. The normalized spacial score (nSPS) is 12.8. The fourth-order valence-electron chi connectivity index (χ4n) is 1.15. The maximum atomic E-state index is 9.64. The van der Waals surface area contributed by atoms with Crippen molar-refractivity contribution in [3.8, 4) is 5.75 Å². The Morgan fingerprint density at radius 3 is 2.47 bits per heavy atom. The van der Waals surface area contributed by atoms with Crippen LogP contribution >= 0.6 is 23.2 Å². The average Bonchev–Trinajstić information content (AvgIpc) is 2.25. The summed E-state index contributed by atoms with van der Waals surface area (Å²) in [5.74, 6) is 0.403. The maximum absolute atomic E-state index is 9.64. The smallest absolute Gasteiger partial charge is 0.156 e. The zero-order valence-electron chi connectivity index (χ0n) is 9.78. The molecule has 2 N–H and O–H groups in total. The summed E-state index contributed by atoms with van der Waals surface area (Å²) in [5.41, 5.74) is 2.95. The summed E-state index contributed by atoms with van der Waals surface area (Å²) < 4.78 is 5.39. The van der Waals surface area contributed by atoms with Crippen molar-refractivity contribution in [1.82, 2.24) is 10.4 Å². The number of aliphatic hydroxyl groups excluding tert-OH is 1. The van der Waals surface area contributed by atoms with Crippen molar-refractivity contribution in [2.45, 2.75) is 6.10 Å². The Labute approximate surface area is 111 Å². The number of nitrogens with zero attached hydrogens (tertiary/aromatic N) is 1. The lowest BCUT2D eigenvalue weighted by Gasteiger charge is -2.17. The first kappa shape index (κ1) is 14.5. The molecule has 1 atom stereocenters. The van der Waals surface area contributed by atoms with E-state index in [4.69, 9.17) is 27.9 Å². The molecule has 0 radical (unpaired) electrons. The highest BCUT2D eigenvalue weighted by Crippen LogP contribution is 2.32. The molecule has 1 rings (SSSR count). The number of hydrogen-bond donors (Lipinski definition) is 2. The predicted octanol–water partition coefficient (Wildman–Crippen LogP) is 1.80. The van der Waals surface area contributed by atoms with Crippen molar-refractivity contribution in [2.75, 3.05) is 27.2 Å². The lowest BCUT2D eigenvalue weighted by molar-refractivity contribution is 0.0885. The third kappa shape index (κ3) is 5.10. The van der Waals surface area contributed by atoms with Crippen molar-refractivity contribution in [2.24, 2.45) is 0 Å². The molecule has 4 nitrogen and oxygen atoms in total. The van der Waals surface area contributed by atoms with Crippen LogP contribution < -0.4 is 10.2 Å². The van der Waals surface area contributed by atoms with Gasteiger partial charge in [0.15, 0.2) is 5.75 Å². The fourth-order valence-corrected chi connectivity index (χ4v) is 1.65. The first-order chi connectivity index (χ1) is 8.00. The van der Waals surface area contributed by atoms with Gasteiger partial charge in [0.1, 0.15) is 12.7 Å². The highest BCUT2D eigenvalue weighted by atomic mass is 35.5. The second-order valence-electron chi connectivity index (χ2n) is 3.77. The first-order valence-corrected chi connectivity index (χ1v) is 5.92. The van der Waals surface area contributed by atoms with E-state index in [1.165, 1.54) is 0 Å². The fraction of sp³-hybridized carbons (Fsp3) is 0.455. The van der Waals surface area contributed by atoms with Gasteiger partial charge in [0, 0.05) is 20.6 Å². The molecular weight excluding hydrogens is 263 g/mol. The van der Waals surface area contributed by atoms with Gasteiger partial charge in [0.05, 0.1) is 10.0 Å². The summed E-state index contributed by atoms with van der Waals surface area (Å²) >= 11 is 11.9. The molecule has 0 aromatic heterocycles. The number of benzene rings is 1. The van der Waals surface area contributed by atoms with Crippen LogP contribution in [0.5, 0.6) is 5.75 Å². The second kappa shape index (κ2) is 7.03. The van der Waals surface area contributed by atoms with E-state index in [1.807, 2.05) is 14.1 Å². The average molecular weight is 279 g/mol. The zero-order chi connectivity index (χ0) is 12.8. The van der Waals surface area contributed by atoms with Crippen molar-refractivity contribution < 1.29 is 9.84 Å². The maximum Gasteiger partial charge on any atom is 0.156 e. The first-order valence-electron chi connectivity index (χ1n) is 5.16. The van der Waals surface area contributed by atoms with Crippen molar-refractivity contribution in [3.63, 3.8) is 0 Å². The minimum Gasteiger partial charge on any atom is -0.488 e. The van der Waals surface area contributed by atoms with Gasteiger partial charge in [-0.2, -0.15) is 0 Å². The molecule has 0 bridgehead atoms. The summed E-state index contributed by atoms with van der Waals surface area (Å²) in [6.07, 6.45) is -0.635. The zero-order valence-corrected chi connectivity index (χ0v) is 11.3. The topological polar surface area (TPSA) is 44.7 Å². The van der Waals surface area contributed by atoms with Crippen molar-refractivity contribution >= 4 is 23.2 Å². The molecule has 0 aliphatic rings. The Bertz CT molecular complexity index is 341. The highest BCUT2D eigenvalue weighted by molar-refractivity contribution is 6.37. The van der Waals surface area contributed by atoms with Gasteiger partial charge in [-0.25, -0.2) is 0 Å². The van der Waals surface area contributed by atoms with Gasteiger partial charge < -0.3 is 9.84 Å². The summed E-state index contributed by atoms with van der Waals surface area (Å²) in [7, 11) is 3.69. The number of para-hydroxylation sites is 1. The summed E-state index contributed by atoms with van der Waals surface area (Å²) in [4.78, 5) is 0. The quantitative estimate of drug-likeness (QED) is 0.779.